The van der Waals surface area contributed by atoms with Gasteiger partial charge in [-0.3, -0.25) is 4.79 Å². The lowest BCUT2D eigenvalue weighted by Gasteiger charge is -2.23. The molecule has 1 amide bonds. The molecule has 0 atom stereocenters. The first-order valence-electron chi connectivity index (χ1n) is 9.95. The molecule has 5 nitrogen and oxygen atoms in total. The largest absolute Gasteiger partial charge is 0.325 e. The van der Waals surface area contributed by atoms with Crippen molar-refractivity contribution in [1.82, 2.24) is 4.31 Å². The van der Waals surface area contributed by atoms with Crippen LogP contribution < -0.4 is 5.32 Å². The first kappa shape index (κ1) is 23.9. The van der Waals surface area contributed by atoms with E-state index in [1.54, 1.807) is 24.3 Å². The molecule has 0 aliphatic rings. The van der Waals surface area contributed by atoms with Gasteiger partial charge in [-0.1, -0.05) is 41.4 Å². The Hall–Kier alpha value is -2.74. The summed E-state index contributed by atoms with van der Waals surface area (Å²) in [5, 5.41) is 2.80. The van der Waals surface area contributed by atoms with Crippen LogP contribution in [0.1, 0.15) is 22.3 Å². The smallest absolute Gasteiger partial charge is 0.243 e. The third-order valence-electron chi connectivity index (χ3n) is 5.17. The van der Waals surface area contributed by atoms with Gasteiger partial charge in [0, 0.05) is 22.8 Å². The van der Waals surface area contributed by atoms with Gasteiger partial charge in [-0.2, -0.15) is 4.31 Å². The molecule has 0 heterocycles. The molecule has 0 aromatic heterocycles. The van der Waals surface area contributed by atoms with Crippen LogP contribution in [0.4, 0.5) is 10.1 Å². The van der Waals surface area contributed by atoms with Gasteiger partial charge in [0.1, 0.15) is 5.82 Å². The normalized spacial score (nSPS) is 11.6. The van der Waals surface area contributed by atoms with Crippen molar-refractivity contribution < 1.29 is 17.6 Å². The number of halogens is 2. The Kier molecular flexibility index (Phi) is 7.33. The molecule has 3 aromatic carbocycles. The SMILES string of the molecule is Cc1ccc(S(=O)(=O)N(CC(=O)Nc2ccc(C)c(C)c2)Cc2c(F)cccc2Cl)cc1. The summed E-state index contributed by atoms with van der Waals surface area (Å²) >= 11 is 6.13. The fourth-order valence-electron chi connectivity index (χ4n) is 3.12. The van der Waals surface area contributed by atoms with Gasteiger partial charge in [-0.05, 0) is 68.3 Å². The monoisotopic (exact) mass is 474 g/mol. The standard InChI is InChI=1S/C24H24ClFN2O3S/c1-16-7-11-20(12-8-16)32(30,31)28(14-21-22(25)5-4-6-23(21)26)15-24(29)27-19-10-9-17(2)18(3)13-19/h4-13H,14-15H2,1-3H3,(H,27,29). The molecule has 0 aliphatic heterocycles. The van der Waals surface area contributed by atoms with Crippen LogP contribution in [0.15, 0.2) is 65.6 Å². The van der Waals surface area contributed by atoms with Crippen molar-refractivity contribution in [2.45, 2.75) is 32.2 Å². The van der Waals surface area contributed by atoms with Gasteiger partial charge in [0.2, 0.25) is 15.9 Å². The average molecular weight is 475 g/mol. The van der Waals surface area contributed by atoms with Gasteiger partial charge in [0.05, 0.1) is 11.4 Å². The zero-order chi connectivity index (χ0) is 23.5. The van der Waals surface area contributed by atoms with Gasteiger partial charge in [0.15, 0.2) is 0 Å². The number of aryl methyl sites for hydroxylation is 3. The number of nitrogens with zero attached hydrogens (tertiary/aromatic N) is 1. The minimum atomic E-state index is -4.10. The maximum atomic E-state index is 14.4. The zero-order valence-electron chi connectivity index (χ0n) is 18.0. The number of carbonyl (C=O) groups excluding carboxylic acids is 1. The molecule has 3 aromatic rings. The second-order valence-corrected chi connectivity index (χ2v) is 9.98. The third-order valence-corrected chi connectivity index (χ3v) is 7.33. The molecule has 168 valence electrons. The van der Waals surface area contributed by atoms with Crippen LogP contribution in [-0.4, -0.2) is 25.2 Å². The van der Waals surface area contributed by atoms with Crippen molar-refractivity contribution in [2.75, 3.05) is 11.9 Å². The maximum Gasteiger partial charge on any atom is 0.243 e. The van der Waals surface area contributed by atoms with Crippen molar-refractivity contribution in [3.63, 3.8) is 0 Å². The number of hydrogen-bond acceptors (Lipinski definition) is 3. The van der Waals surface area contributed by atoms with E-state index in [0.29, 0.717) is 5.69 Å². The minimum Gasteiger partial charge on any atom is -0.325 e. The van der Waals surface area contributed by atoms with Gasteiger partial charge in [0.25, 0.3) is 0 Å². The lowest BCUT2D eigenvalue weighted by atomic mass is 10.1. The summed E-state index contributed by atoms with van der Waals surface area (Å²) in [5.74, 6) is -1.19. The van der Waals surface area contributed by atoms with E-state index >= 15 is 0 Å². The van der Waals surface area contributed by atoms with Gasteiger partial charge >= 0.3 is 0 Å². The van der Waals surface area contributed by atoms with Crippen LogP contribution in [0.25, 0.3) is 0 Å². The Morgan fingerprint density at radius 3 is 2.31 bits per heavy atom. The van der Waals surface area contributed by atoms with Crippen LogP contribution in [0.3, 0.4) is 0 Å². The number of hydrogen-bond donors (Lipinski definition) is 1. The molecular formula is C24H24ClFN2O3S. The molecule has 0 saturated heterocycles. The van der Waals surface area contributed by atoms with E-state index in [0.717, 1.165) is 21.0 Å². The van der Waals surface area contributed by atoms with Crippen LogP contribution in [0.2, 0.25) is 5.02 Å². The van der Waals surface area contributed by atoms with Crippen molar-refractivity contribution in [3.8, 4) is 0 Å². The topological polar surface area (TPSA) is 66.5 Å². The number of benzene rings is 3. The van der Waals surface area contributed by atoms with Crippen LogP contribution >= 0.6 is 11.6 Å². The predicted octanol–water partition coefficient (Wildman–Crippen LogP) is 5.23. The van der Waals surface area contributed by atoms with Crippen molar-refractivity contribution in [2.24, 2.45) is 0 Å². The van der Waals surface area contributed by atoms with Crippen molar-refractivity contribution >= 4 is 33.2 Å². The molecule has 0 fully saturated rings. The molecule has 3 rings (SSSR count). The van der Waals surface area contributed by atoms with Crippen molar-refractivity contribution in [3.05, 3.63) is 93.8 Å². The lowest BCUT2D eigenvalue weighted by Crippen LogP contribution is -2.38. The second-order valence-electron chi connectivity index (χ2n) is 7.63. The molecular weight excluding hydrogens is 451 g/mol. The number of nitrogens with one attached hydrogen (secondary N) is 1. The van der Waals surface area contributed by atoms with E-state index < -0.39 is 28.3 Å². The van der Waals surface area contributed by atoms with E-state index in [1.165, 1.54) is 30.3 Å². The van der Waals surface area contributed by atoms with Gasteiger partial charge < -0.3 is 5.32 Å². The zero-order valence-corrected chi connectivity index (χ0v) is 19.6. The molecule has 0 bridgehead atoms. The first-order chi connectivity index (χ1) is 15.1. The third kappa shape index (κ3) is 5.54. The molecule has 0 unspecified atom stereocenters. The quantitative estimate of drug-likeness (QED) is 0.509. The number of carbonyl (C=O) groups is 1. The summed E-state index contributed by atoms with van der Waals surface area (Å²) in [4.78, 5) is 12.8. The Balaban J connectivity index is 1.93. The van der Waals surface area contributed by atoms with Gasteiger partial charge in [-0.15, -0.1) is 0 Å². The number of sulfonamides is 1. The van der Waals surface area contributed by atoms with Crippen LogP contribution in [-0.2, 0) is 21.4 Å². The lowest BCUT2D eigenvalue weighted by molar-refractivity contribution is -0.116. The van der Waals surface area contributed by atoms with Gasteiger partial charge in [-0.25, -0.2) is 12.8 Å². The Morgan fingerprint density at radius 2 is 1.69 bits per heavy atom. The summed E-state index contributed by atoms with van der Waals surface area (Å²) < 4.78 is 42.0. The molecule has 0 aliphatic carbocycles. The highest BCUT2D eigenvalue weighted by Gasteiger charge is 2.28. The number of rotatable bonds is 7. The first-order valence-corrected chi connectivity index (χ1v) is 11.8. The maximum absolute atomic E-state index is 14.4. The molecule has 1 N–H and O–H groups in total. The highest BCUT2D eigenvalue weighted by atomic mass is 35.5. The molecule has 8 heteroatoms. The predicted molar refractivity (Wildman–Crippen MR) is 125 cm³/mol. The summed E-state index contributed by atoms with van der Waals surface area (Å²) in [5.41, 5.74) is 3.50. The molecule has 0 radical (unpaired) electrons. The number of anilines is 1. The number of amides is 1. The average Bonchev–Trinajstić information content (AvgIpc) is 2.73. The van der Waals surface area contributed by atoms with Crippen molar-refractivity contribution in [1.29, 1.82) is 0 Å². The summed E-state index contributed by atoms with van der Waals surface area (Å²) in [6.07, 6.45) is 0. The second kappa shape index (κ2) is 9.81. The summed E-state index contributed by atoms with van der Waals surface area (Å²) in [6, 6.07) is 15.8. The van der Waals surface area contributed by atoms with E-state index in [1.807, 2.05) is 26.8 Å². The Bertz CT molecular complexity index is 1220. The summed E-state index contributed by atoms with van der Waals surface area (Å²) in [6.45, 7) is 4.81. The summed E-state index contributed by atoms with van der Waals surface area (Å²) in [7, 11) is -4.10. The molecule has 32 heavy (non-hydrogen) atoms. The van der Waals surface area contributed by atoms with Crippen LogP contribution in [0, 0.1) is 26.6 Å². The fourth-order valence-corrected chi connectivity index (χ4v) is 4.71. The van der Waals surface area contributed by atoms with E-state index in [9.17, 15) is 17.6 Å². The fraction of sp³-hybridized carbons (Fsp3) is 0.208. The highest BCUT2D eigenvalue weighted by molar-refractivity contribution is 7.89. The van der Waals surface area contributed by atoms with E-state index in [4.69, 9.17) is 11.6 Å². The highest BCUT2D eigenvalue weighted by Crippen LogP contribution is 2.25. The Labute approximate surface area is 192 Å². The molecule has 0 saturated carbocycles. The minimum absolute atomic E-state index is 0.00355. The van der Waals surface area contributed by atoms with Crippen LogP contribution in [0.5, 0.6) is 0 Å². The molecule has 0 spiro atoms. The van der Waals surface area contributed by atoms with E-state index in [2.05, 4.69) is 5.32 Å². The Morgan fingerprint density at radius 1 is 1.00 bits per heavy atom. The van der Waals surface area contributed by atoms with E-state index in [-0.39, 0.29) is 22.0 Å².